The van der Waals surface area contributed by atoms with Gasteiger partial charge in [-0.1, -0.05) is 34.6 Å². The zero-order valence-electron chi connectivity index (χ0n) is 21.2. The summed E-state index contributed by atoms with van der Waals surface area (Å²) >= 11 is 0. The average Bonchev–Trinajstić information content (AvgIpc) is 3.32. The molecule has 6 nitrogen and oxygen atoms in total. The van der Waals surface area contributed by atoms with Crippen LogP contribution in [-0.4, -0.2) is 50.3 Å². The highest BCUT2D eigenvalue weighted by atomic mass is 32.2. The lowest BCUT2D eigenvalue weighted by Crippen LogP contribution is -2.51. The third kappa shape index (κ3) is 6.98. The highest BCUT2D eigenvalue weighted by molar-refractivity contribution is 7.89. The minimum atomic E-state index is -4.52. The first-order chi connectivity index (χ1) is 16.1. The van der Waals surface area contributed by atoms with Gasteiger partial charge >= 0.3 is 6.18 Å². The van der Waals surface area contributed by atoms with Crippen LogP contribution >= 0.6 is 0 Å². The fourth-order valence-electron chi connectivity index (χ4n) is 5.10. The van der Waals surface area contributed by atoms with E-state index < -0.39 is 21.8 Å². The van der Waals surface area contributed by atoms with Crippen LogP contribution in [0.5, 0.6) is 0 Å². The minimum Gasteiger partial charge on any atom is -0.352 e. The smallest absolute Gasteiger partial charge is 0.352 e. The fraction of sp³-hybridized carbons (Fsp3) is 0.720. The quantitative estimate of drug-likeness (QED) is 0.540. The van der Waals surface area contributed by atoms with E-state index in [0.29, 0.717) is 18.9 Å². The Bertz CT molecular complexity index is 988. The largest absolute Gasteiger partial charge is 0.416 e. The highest BCUT2D eigenvalue weighted by Gasteiger charge is 2.47. The molecule has 3 rings (SSSR count). The van der Waals surface area contributed by atoms with Gasteiger partial charge in [0, 0.05) is 19.1 Å². The van der Waals surface area contributed by atoms with E-state index in [0.717, 1.165) is 43.7 Å². The van der Waals surface area contributed by atoms with Crippen molar-refractivity contribution in [3.05, 3.63) is 29.8 Å². The van der Waals surface area contributed by atoms with Gasteiger partial charge in [-0.2, -0.15) is 17.5 Å². The van der Waals surface area contributed by atoms with Gasteiger partial charge in [-0.15, -0.1) is 0 Å². The second kappa shape index (κ2) is 10.4. The van der Waals surface area contributed by atoms with Crippen molar-refractivity contribution in [3.63, 3.8) is 0 Å². The zero-order chi connectivity index (χ0) is 26.2. The molecule has 0 spiro atoms. The molecule has 1 amide bonds. The molecule has 1 heterocycles. The number of fused-ring (bicyclic) bond motifs is 1. The van der Waals surface area contributed by atoms with E-state index in [-0.39, 0.29) is 46.7 Å². The van der Waals surface area contributed by atoms with E-state index >= 15 is 0 Å². The number of hydrogen-bond acceptors (Lipinski definition) is 4. The van der Waals surface area contributed by atoms with Crippen LogP contribution in [0.2, 0.25) is 0 Å². The van der Waals surface area contributed by atoms with Crippen molar-refractivity contribution in [2.24, 2.45) is 23.2 Å². The van der Waals surface area contributed by atoms with Crippen LogP contribution in [0.1, 0.15) is 59.4 Å². The van der Waals surface area contributed by atoms with Crippen LogP contribution in [0.15, 0.2) is 29.2 Å². The molecule has 1 saturated carbocycles. The molecule has 0 radical (unpaired) electrons. The van der Waals surface area contributed by atoms with Crippen LogP contribution in [0.25, 0.3) is 0 Å². The molecule has 0 aromatic heterocycles. The zero-order valence-corrected chi connectivity index (χ0v) is 22.0. The van der Waals surface area contributed by atoms with E-state index in [1.165, 1.54) is 4.31 Å². The molecule has 35 heavy (non-hydrogen) atoms. The second-order valence-corrected chi connectivity index (χ2v) is 13.5. The number of nitrogens with zero attached hydrogens (tertiary/aromatic N) is 1. The van der Waals surface area contributed by atoms with Gasteiger partial charge in [0.25, 0.3) is 0 Å². The van der Waals surface area contributed by atoms with Crippen molar-refractivity contribution >= 4 is 15.9 Å². The first-order valence-corrected chi connectivity index (χ1v) is 13.7. The number of carbonyl (C=O) groups is 1. The first-order valence-electron chi connectivity index (χ1n) is 12.3. The normalized spacial score (nSPS) is 24.5. The third-order valence-electron chi connectivity index (χ3n) is 6.88. The molecule has 0 bridgehead atoms. The summed E-state index contributed by atoms with van der Waals surface area (Å²) in [5.41, 5.74) is -0.919. The van der Waals surface area contributed by atoms with Gasteiger partial charge in [-0.3, -0.25) is 4.79 Å². The molecule has 1 aliphatic heterocycles. The van der Waals surface area contributed by atoms with Crippen molar-refractivity contribution in [1.29, 1.82) is 0 Å². The lowest BCUT2D eigenvalue weighted by Gasteiger charge is -2.29. The summed E-state index contributed by atoms with van der Waals surface area (Å²) in [6.45, 7) is 11.8. The van der Waals surface area contributed by atoms with E-state index in [1.54, 1.807) is 0 Å². The summed E-state index contributed by atoms with van der Waals surface area (Å²) in [4.78, 5) is 13.0. The molecular weight excluding hydrogens is 479 g/mol. The van der Waals surface area contributed by atoms with Crippen molar-refractivity contribution in [3.8, 4) is 0 Å². The van der Waals surface area contributed by atoms with Gasteiger partial charge in [0.15, 0.2) is 0 Å². The van der Waals surface area contributed by atoms with Crippen LogP contribution in [0.4, 0.5) is 13.2 Å². The fourth-order valence-corrected chi connectivity index (χ4v) is 6.63. The van der Waals surface area contributed by atoms with Gasteiger partial charge in [-0.05, 0) is 73.2 Å². The molecule has 2 fully saturated rings. The molecule has 10 heteroatoms. The number of carbonyl (C=O) groups excluding carboxylic acids is 1. The summed E-state index contributed by atoms with van der Waals surface area (Å²) in [6, 6.07) is 3.18. The maximum absolute atomic E-state index is 13.2. The Balaban J connectivity index is 1.67. The van der Waals surface area contributed by atoms with Crippen molar-refractivity contribution in [2.45, 2.75) is 77.0 Å². The lowest BCUT2D eigenvalue weighted by atomic mass is 9.87. The predicted molar refractivity (Wildman–Crippen MR) is 129 cm³/mol. The molecular formula is C25H38F3N3O3S. The van der Waals surface area contributed by atoms with E-state index in [4.69, 9.17) is 0 Å². The average molecular weight is 518 g/mol. The van der Waals surface area contributed by atoms with Gasteiger partial charge < -0.3 is 10.6 Å². The second-order valence-electron chi connectivity index (χ2n) is 11.6. The van der Waals surface area contributed by atoms with Crippen LogP contribution in [-0.2, 0) is 21.0 Å². The Morgan fingerprint density at radius 3 is 2.26 bits per heavy atom. The molecule has 2 aliphatic rings. The summed E-state index contributed by atoms with van der Waals surface area (Å²) in [7, 11) is -3.91. The topological polar surface area (TPSA) is 78.5 Å². The monoisotopic (exact) mass is 517 g/mol. The summed E-state index contributed by atoms with van der Waals surface area (Å²) in [5.74, 6) is 0.452. The number of halogens is 3. The molecule has 4 atom stereocenters. The van der Waals surface area contributed by atoms with Gasteiger partial charge in [-0.25, -0.2) is 8.42 Å². The highest BCUT2D eigenvalue weighted by Crippen LogP contribution is 2.40. The number of amides is 1. The van der Waals surface area contributed by atoms with Crippen LogP contribution < -0.4 is 10.6 Å². The number of rotatable bonds is 8. The van der Waals surface area contributed by atoms with Crippen molar-refractivity contribution < 1.29 is 26.4 Å². The number of benzene rings is 1. The molecule has 1 aliphatic carbocycles. The number of alkyl halides is 3. The van der Waals surface area contributed by atoms with Crippen molar-refractivity contribution in [2.75, 3.05) is 19.6 Å². The predicted octanol–water partition coefficient (Wildman–Crippen LogP) is 4.27. The molecule has 1 aromatic carbocycles. The van der Waals surface area contributed by atoms with Gasteiger partial charge in [0.05, 0.1) is 16.5 Å². The summed E-state index contributed by atoms with van der Waals surface area (Å²) in [5, 5.41) is 6.56. The van der Waals surface area contributed by atoms with Crippen LogP contribution in [0, 0.1) is 23.2 Å². The maximum Gasteiger partial charge on any atom is 0.416 e. The summed E-state index contributed by atoms with van der Waals surface area (Å²) < 4.78 is 66.2. The van der Waals surface area contributed by atoms with Gasteiger partial charge in [0.1, 0.15) is 0 Å². The Labute approximate surface area is 207 Å². The SMILES string of the molecule is CC(C)CN[C@@H](CC(C)(C)C)C(=O)N[C@H]1CC[C@@H]2CN(S(=O)(=O)c3ccc(C(F)(F)F)cc3)C[C@@H]21. The lowest BCUT2D eigenvalue weighted by molar-refractivity contribution is -0.137. The first kappa shape index (κ1) is 27.9. The number of sulfonamides is 1. The molecule has 1 aromatic rings. The van der Waals surface area contributed by atoms with Crippen LogP contribution in [0.3, 0.4) is 0 Å². The molecule has 2 N–H and O–H groups in total. The standard InChI is InChI=1S/C25H38F3N3O3S/c1-16(2)13-29-22(12-24(3,4)5)23(32)30-21-11-6-17-14-31(15-20(17)21)35(33,34)19-9-7-18(8-10-19)25(26,27)28/h7-10,16-17,20-22,29H,6,11-15H2,1-5H3,(H,30,32)/t17-,20+,21+,22+/m1/s1. The van der Waals surface area contributed by atoms with E-state index in [9.17, 15) is 26.4 Å². The Morgan fingerprint density at radius 2 is 1.71 bits per heavy atom. The van der Waals surface area contributed by atoms with E-state index in [2.05, 4.69) is 45.3 Å². The Kier molecular flexibility index (Phi) is 8.28. The van der Waals surface area contributed by atoms with Gasteiger partial charge in [0.2, 0.25) is 15.9 Å². The third-order valence-corrected chi connectivity index (χ3v) is 8.72. The minimum absolute atomic E-state index is 0.0106. The molecule has 0 unspecified atom stereocenters. The molecule has 198 valence electrons. The molecule has 1 saturated heterocycles. The van der Waals surface area contributed by atoms with E-state index in [1.807, 2.05) is 0 Å². The van der Waals surface area contributed by atoms with Crippen molar-refractivity contribution in [1.82, 2.24) is 14.9 Å². The number of nitrogens with one attached hydrogen (secondary N) is 2. The Hall–Kier alpha value is -1.65. The maximum atomic E-state index is 13.2. The Morgan fingerprint density at radius 1 is 1.09 bits per heavy atom. The number of hydrogen-bond donors (Lipinski definition) is 2. The summed E-state index contributed by atoms with van der Waals surface area (Å²) in [6.07, 6.45) is -2.24.